The van der Waals surface area contributed by atoms with Gasteiger partial charge in [-0.2, -0.15) is 0 Å². The van der Waals surface area contributed by atoms with Gasteiger partial charge in [0.25, 0.3) is 5.91 Å². The number of morpholine rings is 1. The lowest BCUT2D eigenvalue weighted by Gasteiger charge is -2.34. The monoisotopic (exact) mass is 199 g/mol. The molecule has 2 fully saturated rings. The van der Waals surface area contributed by atoms with Crippen molar-refractivity contribution in [1.82, 2.24) is 4.90 Å². The smallest absolute Gasteiger partial charge is 0.329 e. The molecule has 0 aliphatic carbocycles. The van der Waals surface area contributed by atoms with Gasteiger partial charge in [0.2, 0.25) is 6.10 Å². The number of carbonyl (C=O) groups excluding carboxylic acids is 2. The van der Waals surface area contributed by atoms with Crippen LogP contribution in [0.25, 0.3) is 0 Å². The van der Waals surface area contributed by atoms with E-state index in [2.05, 4.69) is 0 Å². The average molecular weight is 199 g/mol. The molecule has 2 heterocycles. The molecule has 0 aromatic heterocycles. The largest absolute Gasteiger partial charge is 0.448 e. The molecule has 1 amide bonds. The Balaban J connectivity index is 2.20. The molecule has 0 aromatic rings. The number of carbonyl (C=O) groups is 2. The minimum absolute atomic E-state index is 0.262. The van der Waals surface area contributed by atoms with Crippen molar-refractivity contribution in [3.8, 4) is 0 Å². The number of fused-ring (bicyclic) bond motifs is 1. The maximum absolute atomic E-state index is 11.7. The molecule has 14 heavy (non-hydrogen) atoms. The molecular weight excluding hydrogens is 186 g/mol. The SMILES string of the molecule is CC(O)C1OC(=O)C2CCCN2C1=O. The summed E-state index contributed by atoms with van der Waals surface area (Å²) in [5.41, 5.74) is 0. The molecule has 0 aromatic carbocycles. The number of hydrogen-bond acceptors (Lipinski definition) is 4. The molecule has 0 radical (unpaired) electrons. The third kappa shape index (κ3) is 1.28. The van der Waals surface area contributed by atoms with Gasteiger partial charge in [-0.15, -0.1) is 0 Å². The maximum Gasteiger partial charge on any atom is 0.329 e. The maximum atomic E-state index is 11.7. The number of cyclic esters (lactones) is 1. The van der Waals surface area contributed by atoms with E-state index < -0.39 is 18.2 Å². The fraction of sp³-hybridized carbons (Fsp3) is 0.778. The number of rotatable bonds is 1. The van der Waals surface area contributed by atoms with Crippen LogP contribution in [0.5, 0.6) is 0 Å². The number of nitrogens with zero attached hydrogens (tertiary/aromatic N) is 1. The highest BCUT2D eigenvalue weighted by Crippen LogP contribution is 2.25. The second kappa shape index (κ2) is 3.24. The van der Waals surface area contributed by atoms with Gasteiger partial charge in [0.15, 0.2) is 0 Å². The minimum atomic E-state index is -1.00. The Morgan fingerprint density at radius 1 is 1.57 bits per heavy atom. The highest BCUT2D eigenvalue weighted by Gasteiger charge is 2.46. The van der Waals surface area contributed by atoms with Crippen LogP contribution in [0.15, 0.2) is 0 Å². The summed E-state index contributed by atoms with van der Waals surface area (Å²) in [7, 11) is 0. The summed E-state index contributed by atoms with van der Waals surface area (Å²) in [6.45, 7) is 2.05. The number of aliphatic hydroxyl groups excluding tert-OH is 1. The zero-order valence-corrected chi connectivity index (χ0v) is 7.97. The van der Waals surface area contributed by atoms with Gasteiger partial charge in [-0.1, -0.05) is 0 Å². The van der Waals surface area contributed by atoms with E-state index in [0.29, 0.717) is 13.0 Å². The van der Waals surface area contributed by atoms with Crippen molar-refractivity contribution in [3.63, 3.8) is 0 Å². The Morgan fingerprint density at radius 3 is 2.93 bits per heavy atom. The van der Waals surface area contributed by atoms with Crippen molar-refractivity contribution in [2.45, 2.75) is 38.0 Å². The quantitative estimate of drug-likeness (QED) is 0.566. The van der Waals surface area contributed by atoms with Crippen molar-refractivity contribution in [3.05, 3.63) is 0 Å². The fourth-order valence-electron chi connectivity index (χ4n) is 2.00. The Kier molecular flexibility index (Phi) is 2.19. The average Bonchev–Trinajstić information content (AvgIpc) is 2.59. The highest BCUT2D eigenvalue weighted by atomic mass is 16.6. The second-order valence-corrected chi connectivity index (χ2v) is 3.79. The molecular formula is C9H13NO4. The van der Waals surface area contributed by atoms with E-state index in [1.165, 1.54) is 11.8 Å². The van der Waals surface area contributed by atoms with Gasteiger partial charge in [0.05, 0.1) is 6.10 Å². The molecule has 2 aliphatic heterocycles. The van der Waals surface area contributed by atoms with Gasteiger partial charge in [-0.25, -0.2) is 4.79 Å². The fourth-order valence-corrected chi connectivity index (χ4v) is 2.00. The Hall–Kier alpha value is -1.10. The van der Waals surface area contributed by atoms with Crippen LogP contribution in [0.3, 0.4) is 0 Å². The number of amides is 1. The van der Waals surface area contributed by atoms with Crippen molar-refractivity contribution in [2.75, 3.05) is 6.54 Å². The standard InChI is InChI=1S/C9H13NO4/c1-5(11)7-8(12)10-4-2-3-6(10)9(13)14-7/h5-7,11H,2-4H2,1H3. The van der Waals surface area contributed by atoms with E-state index in [4.69, 9.17) is 4.74 Å². The molecule has 0 spiro atoms. The molecule has 0 bridgehead atoms. The van der Waals surface area contributed by atoms with Crippen LogP contribution < -0.4 is 0 Å². The summed E-state index contributed by atoms with van der Waals surface area (Å²) in [6, 6.07) is -0.405. The van der Waals surface area contributed by atoms with E-state index in [9.17, 15) is 14.7 Å². The van der Waals surface area contributed by atoms with Crippen molar-refractivity contribution in [2.24, 2.45) is 0 Å². The molecule has 1 N–H and O–H groups in total. The molecule has 5 nitrogen and oxygen atoms in total. The van der Waals surface area contributed by atoms with Crippen LogP contribution in [-0.4, -0.2) is 46.7 Å². The third-order valence-corrected chi connectivity index (χ3v) is 2.73. The van der Waals surface area contributed by atoms with Gasteiger partial charge < -0.3 is 14.7 Å². The molecule has 3 unspecified atom stereocenters. The van der Waals surface area contributed by atoms with E-state index in [1.54, 1.807) is 0 Å². The second-order valence-electron chi connectivity index (χ2n) is 3.79. The molecule has 2 aliphatic rings. The predicted molar refractivity (Wildman–Crippen MR) is 46.3 cm³/mol. The molecule has 3 atom stereocenters. The first-order chi connectivity index (χ1) is 6.61. The lowest BCUT2D eigenvalue weighted by Crippen LogP contribution is -2.56. The molecule has 2 rings (SSSR count). The van der Waals surface area contributed by atoms with Gasteiger partial charge in [0, 0.05) is 6.54 Å². The van der Waals surface area contributed by atoms with Crippen LogP contribution in [0.4, 0.5) is 0 Å². The van der Waals surface area contributed by atoms with E-state index in [1.807, 2.05) is 0 Å². The van der Waals surface area contributed by atoms with Gasteiger partial charge in [0.1, 0.15) is 6.04 Å². The van der Waals surface area contributed by atoms with Gasteiger partial charge >= 0.3 is 5.97 Å². The van der Waals surface area contributed by atoms with Gasteiger partial charge in [-0.3, -0.25) is 4.79 Å². The minimum Gasteiger partial charge on any atom is -0.448 e. The number of ether oxygens (including phenoxy) is 1. The van der Waals surface area contributed by atoms with E-state index >= 15 is 0 Å². The van der Waals surface area contributed by atoms with Crippen LogP contribution in [0.2, 0.25) is 0 Å². The summed E-state index contributed by atoms with van der Waals surface area (Å²) >= 11 is 0. The molecule has 0 saturated carbocycles. The lowest BCUT2D eigenvalue weighted by molar-refractivity contribution is -0.182. The number of esters is 1. The first-order valence-corrected chi connectivity index (χ1v) is 4.80. The topological polar surface area (TPSA) is 66.8 Å². The van der Waals surface area contributed by atoms with E-state index in [-0.39, 0.29) is 11.9 Å². The lowest BCUT2D eigenvalue weighted by atomic mass is 10.1. The number of aliphatic hydroxyl groups is 1. The normalized spacial score (nSPS) is 34.0. The van der Waals surface area contributed by atoms with Gasteiger partial charge in [-0.05, 0) is 19.8 Å². The zero-order chi connectivity index (χ0) is 10.3. The predicted octanol–water partition coefficient (Wildman–Crippen LogP) is -0.716. The first-order valence-electron chi connectivity index (χ1n) is 4.80. The Bertz CT molecular complexity index is 272. The van der Waals surface area contributed by atoms with E-state index in [0.717, 1.165) is 6.42 Å². The van der Waals surface area contributed by atoms with Crippen molar-refractivity contribution >= 4 is 11.9 Å². The molecule has 5 heteroatoms. The first kappa shape index (κ1) is 9.45. The summed E-state index contributed by atoms with van der Waals surface area (Å²) < 4.78 is 4.89. The summed E-state index contributed by atoms with van der Waals surface area (Å²) in [5, 5.41) is 9.26. The molecule has 2 saturated heterocycles. The summed E-state index contributed by atoms with van der Waals surface area (Å²) in [5.74, 6) is -0.643. The summed E-state index contributed by atoms with van der Waals surface area (Å²) in [6.07, 6.45) is -0.431. The third-order valence-electron chi connectivity index (χ3n) is 2.73. The number of hydrogen-bond donors (Lipinski definition) is 1. The Morgan fingerprint density at radius 2 is 2.29 bits per heavy atom. The molecule has 78 valence electrons. The van der Waals surface area contributed by atoms with Crippen molar-refractivity contribution in [1.29, 1.82) is 0 Å². The van der Waals surface area contributed by atoms with Crippen LogP contribution in [0, 0.1) is 0 Å². The zero-order valence-electron chi connectivity index (χ0n) is 7.97. The van der Waals surface area contributed by atoms with Crippen molar-refractivity contribution < 1.29 is 19.4 Å². The van der Waals surface area contributed by atoms with Crippen LogP contribution in [0.1, 0.15) is 19.8 Å². The highest BCUT2D eigenvalue weighted by molar-refractivity contribution is 5.93. The van der Waals surface area contributed by atoms with Crippen LogP contribution in [-0.2, 0) is 14.3 Å². The van der Waals surface area contributed by atoms with Crippen LogP contribution >= 0.6 is 0 Å². The summed E-state index contributed by atoms with van der Waals surface area (Å²) in [4.78, 5) is 24.6. The Labute approximate surface area is 81.6 Å².